The fraction of sp³-hybridized carbons (Fsp3) is 0.350. The molecule has 0 aliphatic heterocycles. The fourth-order valence-corrected chi connectivity index (χ4v) is 2.79. The summed E-state index contributed by atoms with van der Waals surface area (Å²) < 4.78 is 33.6. The molecule has 8 heteroatoms. The van der Waals surface area contributed by atoms with Gasteiger partial charge in [0.05, 0.1) is 18.2 Å². The van der Waals surface area contributed by atoms with Crippen molar-refractivity contribution in [3.8, 4) is 6.07 Å². The molecule has 152 valence electrons. The molecule has 0 radical (unpaired) electrons. The van der Waals surface area contributed by atoms with Crippen LogP contribution in [0.3, 0.4) is 0 Å². The number of nitrogens with zero attached hydrogens (tertiary/aromatic N) is 2. The lowest BCUT2D eigenvalue weighted by atomic mass is 10.1. The standard InChI is InChI=1S/C11H17NO4S.C9H10N2/c1-3-12(7-8-16-17(13,14)15)11-6-4-5-10(2)9-11;1-6-4-9(11)7(2)3-8(6)5-10/h4-6,9H,3,7-8H2,1-2H3,(H,13,14,15);3-4H,11H2,1-2H3. The molecule has 0 spiro atoms. The molecule has 28 heavy (non-hydrogen) atoms. The SMILES string of the molecule is CCN(CCOS(=O)(=O)O)c1cccc(C)c1.Cc1cc(C#N)c(C)cc1N. The van der Waals surface area contributed by atoms with E-state index in [1.54, 1.807) is 0 Å². The van der Waals surface area contributed by atoms with Crippen LogP contribution in [0.25, 0.3) is 0 Å². The lowest BCUT2D eigenvalue weighted by molar-refractivity contribution is 0.274. The highest BCUT2D eigenvalue weighted by Crippen LogP contribution is 2.16. The van der Waals surface area contributed by atoms with E-state index in [1.165, 1.54) is 0 Å². The molecule has 0 fully saturated rings. The van der Waals surface area contributed by atoms with Gasteiger partial charge in [0.15, 0.2) is 0 Å². The van der Waals surface area contributed by atoms with Crippen molar-refractivity contribution in [2.75, 3.05) is 30.3 Å². The van der Waals surface area contributed by atoms with Crippen LogP contribution in [0.4, 0.5) is 11.4 Å². The molecule has 0 aromatic heterocycles. The third-order valence-corrected chi connectivity index (χ3v) is 4.54. The maximum Gasteiger partial charge on any atom is 0.397 e. The number of hydrogen-bond donors (Lipinski definition) is 2. The Morgan fingerprint density at radius 2 is 1.86 bits per heavy atom. The van der Waals surface area contributed by atoms with Gasteiger partial charge in [-0.1, -0.05) is 12.1 Å². The molecule has 2 aromatic rings. The van der Waals surface area contributed by atoms with Crippen molar-refractivity contribution in [1.29, 1.82) is 5.26 Å². The molecule has 2 aromatic carbocycles. The number of hydrogen-bond acceptors (Lipinski definition) is 6. The third-order valence-electron chi connectivity index (χ3n) is 4.08. The average molecular weight is 406 g/mol. The minimum atomic E-state index is -4.35. The van der Waals surface area contributed by atoms with Crippen molar-refractivity contribution in [1.82, 2.24) is 0 Å². The molecule has 3 N–H and O–H groups in total. The Kier molecular flexibility index (Phi) is 8.92. The van der Waals surface area contributed by atoms with Gasteiger partial charge in [-0.15, -0.1) is 0 Å². The number of nitrogens with two attached hydrogens (primary N) is 1. The van der Waals surface area contributed by atoms with E-state index in [4.69, 9.17) is 15.5 Å². The van der Waals surface area contributed by atoms with Crippen molar-refractivity contribution in [3.63, 3.8) is 0 Å². The zero-order valence-corrected chi connectivity index (χ0v) is 17.5. The van der Waals surface area contributed by atoms with Gasteiger partial charge in [-0.3, -0.25) is 4.55 Å². The molecule has 2 rings (SSSR count). The predicted molar refractivity (Wildman–Crippen MR) is 112 cm³/mol. The first-order valence-corrected chi connectivity index (χ1v) is 10.1. The summed E-state index contributed by atoms with van der Waals surface area (Å²) in [6, 6.07) is 13.6. The summed E-state index contributed by atoms with van der Waals surface area (Å²) in [6.07, 6.45) is 0. The number of nitriles is 1. The summed E-state index contributed by atoms with van der Waals surface area (Å²) in [7, 11) is -4.35. The first-order valence-electron chi connectivity index (χ1n) is 8.77. The molecule has 0 saturated heterocycles. The van der Waals surface area contributed by atoms with Gasteiger partial charge in [0.2, 0.25) is 0 Å². The van der Waals surface area contributed by atoms with E-state index >= 15 is 0 Å². The third kappa shape index (κ3) is 7.96. The van der Waals surface area contributed by atoms with Crippen molar-refractivity contribution < 1.29 is 17.2 Å². The van der Waals surface area contributed by atoms with Crippen LogP contribution < -0.4 is 10.6 Å². The molecule has 7 nitrogen and oxygen atoms in total. The predicted octanol–water partition coefficient (Wildman–Crippen LogP) is 3.40. The van der Waals surface area contributed by atoms with Gasteiger partial charge in [-0.25, -0.2) is 4.18 Å². The summed E-state index contributed by atoms with van der Waals surface area (Å²) >= 11 is 0. The van der Waals surface area contributed by atoms with Gasteiger partial charge in [0, 0.05) is 24.5 Å². The number of nitrogen functional groups attached to an aromatic ring is 1. The largest absolute Gasteiger partial charge is 0.399 e. The van der Waals surface area contributed by atoms with Crippen molar-refractivity contribution in [3.05, 3.63) is 58.7 Å². The van der Waals surface area contributed by atoms with Crippen LogP contribution in [0, 0.1) is 32.1 Å². The Morgan fingerprint density at radius 1 is 1.18 bits per heavy atom. The van der Waals surface area contributed by atoms with E-state index in [2.05, 4.69) is 10.3 Å². The van der Waals surface area contributed by atoms with Crippen molar-refractivity contribution in [2.45, 2.75) is 27.7 Å². The Labute approximate surface area is 167 Å². The minimum absolute atomic E-state index is 0.0688. The molecule has 0 aliphatic carbocycles. The Morgan fingerprint density at radius 3 is 2.39 bits per heavy atom. The molecule has 0 atom stereocenters. The van der Waals surface area contributed by atoms with E-state index in [1.807, 2.05) is 69.0 Å². The highest BCUT2D eigenvalue weighted by Gasteiger charge is 2.08. The Balaban J connectivity index is 0.000000307. The number of rotatable bonds is 6. The smallest absolute Gasteiger partial charge is 0.397 e. The number of anilines is 2. The molecule has 0 heterocycles. The highest BCUT2D eigenvalue weighted by atomic mass is 32.3. The van der Waals surface area contributed by atoms with Crippen molar-refractivity contribution in [2.24, 2.45) is 0 Å². The maximum absolute atomic E-state index is 10.4. The lowest BCUT2D eigenvalue weighted by Gasteiger charge is -2.22. The van der Waals surface area contributed by atoms with Gasteiger partial charge in [0.1, 0.15) is 0 Å². The van der Waals surface area contributed by atoms with E-state index < -0.39 is 10.4 Å². The molecule has 0 bridgehead atoms. The Bertz CT molecular complexity index is 937. The number of likely N-dealkylation sites (N-methyl/N-ethyl adjacent to an activating group) is 1. The van der Waals surface area contributed by atoms with Crippen LogP contribution in [0.5, 0.6) is 0 Å². The van der Waals surface area contributed by atoms with Gasteiger partial charge in [0.25, 0.3) is 0 Å². The second kappa shape index (κ2) is 10.7. The summed E-state index contributed by atoms with van der Waals surface area (Å²) in [5.41, 5.74) is 11.1. The summed E-state index contributed by atoms with van der Waals surface area (Å²) in [5.74, 6) is 0. The second-order valence-corrected chi connectivity index (χ2v) is 7.40. The van der Waals surface area contributed by atoms with Crippen LogP contribution in [0.2, 0.25) is 0 Å². The first-order chi connectivity index (χ1) is 13.1. The van der Waals surface area contributed by atoms with E-state index in [0.717, 1.165) is 34.6 Å². The van der Waals surface area contributed by atoms with Crippen LogP contribution in [0.1, 0.15) is 29.2 Å². The van der Waals surface area contributed by atoms with Crippen LogP contribution in [-0.4, -0.2) is 32.7 Å². The normalized spacial score (nSPS) is 10.6. The van der Waals surface area contributed by atoms with Gasteiger partial charge in [-0.2, -0.15) is 13.7 Å². The second-order valence-electron chi connectivity index (χ2n) is 6.30. The minimum Gasteiger partial charge on any atom is -0.399 e. The number of aryl methyl sites for hydroxylation is 3. The van der Waals surface area contributed by atoms with E-state index in [-0.39, 0.29) is 6.61 Å². The monoisotopic (exact) mass is 405 g/mol. The molecule has 0 saturated carbocycles. The summed E-state index contributed by atoms with van der Waals surface area (Å²) in [5, 5.41) is 8.64. The molecule has 0 amide bonds. The summed E-state index contributed by atoms with van der Waals surface area (Å²) in [4.78, 5) is 1.97. The highest BCUT2D eigenvalue weighted by molar-refractivity contribution is 7.80. The van der Waals surface area contributed by atoms with Crippen LogP contribution in [-0.2, 0) is 14.6 Å². The zero-order valence-electron chi connectivity index (χ0n) is 16.6. The van der Waals surface area contributed by atoms with E-state index in [0.29, 0.717) is 12.1 Å². The topological polar surface area (TPSA) is 117 Å². The molecular formula is C20H27N3O4S. The fourth-order valence-electron chi connectivity index (χ4n) is 2.51. The lowest BCUT2D eigenvalue weighted by Crippen LogP contribution is -2.27. The van der Waals surface area contributed by atoms with E-state index in [9.17, 15) is 8.42 Å². The quantitative estimate of drug-likeness (QED) is 0.559. The maximum atomic E-state index is 10.4. The molecule has 0 aliphatic rings. The van der Waals surface area contributed by atoms with Gasteiger partial charge >= 0.3 is 10.4 Å². The zero-order chi connectivity index (χ0) is 21.3. The van der Waals surface area contributed by atoms with Crippen LogP contribution >= 0.6 is 0 Å². The van der Waals surface area contributed by atoms with Crippen LogP contribution in [0.15, 0.2) is 36.4 Å². The van der Waals surface area contributed by atoms with Gasteiger partial charge < -0.3 is 10.6 Å². The molecule has 0 unspecified atom stereocenters. The average Bonchev–Trinajstić information content (AvgIpc) is 2.61. The number of benzene rings is 2. The molecular weight excluding hydrogens is 378 g/mol. The summed E-state index contributed by atoms with van der Waals surface area (Å²) in [6.45, 7) is 8.81. The first kappa shape index (κ1) is 23.4. The van der Waals surface area contributed by atoms with Crippen molar-refractivity contribution >= 4 is 21.8 Å². The Hall–Kier alpha value is -2.60. The van der Waals surface area contributed by atoms with Gasteiger partial charge in [-0.05, 0) is 68.7 Å².